The summed E-state index contributed by atoms with van der Waals surface area (Å²) in [6.07, 6.45) is 0. The van der Waals surface area contributed by atoms with Gasteiger partial charge in [0.2, 0.25) is 5.91 Å². The van der Waals surface area contributed by atoms with Crippen molar-refractivity contribution in [3.63, 3.8) is 0 Å². The molecule has 4 rings (SSSR count). The van der Waals surface area contributed by atoms with E-state index in [0.29, 0.717) is 0 Å². The van der Waals surface area contributed by atoms with E-state index >= 15 is 0 Å². The maximum absolute atomic E-state index is 12.8. The van der Waals surface area contributed by atoms with Gasteiger partial charge in [0.25, 0.3) is 0 Å². The molecule has 0 saturated heterocycles. The molecule has 1 amide bonds. The van der Waals surface area contributed by atoms with E-state index in [1.54, 1.807) is 7.11 Å². The average molecular weight is 373 g/mol. The Balaban J connectivity index is 1.51. The molecule has 0 aliphatic heterocycles. The summed E-state index contributed by atoms with van der Waals surface area (Å²) in [6.45, 7) is 3.86. The fourth-order valence-electron chi connectivity index (χ4n) is 3.42. The largest absolute Gasteiger partial charge is 0.497 e. The minimum Gasteiger partial charge on any atom is -0.497 e. The van der Waals surface area contributed by atoms with Gasteiger partial charge in [-0.1, -0.05) is 42.5 Å². The van der Waals surface area contributed by atoms with Crippen molar-refractivity contribution in [3.05, 3.63) is 78.1 Å². The quantitative estimate of drug-likeness (QED) is 0.497. The summed E-state index contributed by atoms with van der Waals surface area (Å²) in [6, 6.07) is 21.7. The molecule has 0 fully saturated rings. The van der Waals surface area contributed by atoms with Crippen LogP contribution in [0.3, 0.4) is 0 Å². The molecule has 4 aromatic rings. The number of fused-ring (bicyclic) bond motifs is 2. The zero-order valence-electron chi connectivity index (χ0n) is 16.2. The first-order valence-corrected chi connectivity index (χ1v) is 9.41. The third-order valence-corrected chi connectivity index (χ3v) is 5.19. The van der Waals surface area contributed by atoms with Crippen LogP contribution < -0.4 is 10.1 Å². The Kier molecular flexibility index (Phi) is 4.78. The Bertz CT molecular complexity index is 1110. The summed E-state index contributed by atoms with van der Waals surface area (Å²) in [5.41, 5.74) is 1.81. The summed E-state index contributed by atoms with van der Waals surface area (Å²) >= 11 is 0. The number of ether oxygens (including phenoxy) is 1. The molecule has 0 aliphatic rings. The van der Waals surface area contributed by atoms with E-state index in [-0.39, 0.29) is 17.9 Å². The fourth-order valence-corrected chi connectivity index (χ4v) is 3.42. The van der Waals surface area contributed by atoms with Crippen LogP contribution in [0.5, 0.6) is 5.75 Å². The van der Waals surface area contributed by atoms with Crippen LogP contribution in [0.25, 0.3) is 21.7 Å². The van der Waals surface area contributed by atoms with E-state index in [0.717, 1.165) is 38.8 Å². The van der Waals surface area contributed by atoms with Gasteiger partial charge in [-0.2, -0.15) is 0 Å². The summed E-state index contributed by atoms with van der Waals surface area (Å²) < 4.78 is 11.1. The highest BCUT2D eigenvalue weighted by Crippen LogP contribution is 2.27. The lowest BCUT2D eigenvalue weighted by Gasteiger charge is -2.17. The number of nitrogens with one attached hydrogen (secondary N) is 1. The molecule has 0 aliphatic carbocycles. The number of carbonyl (C=O) groups is 1. The summed E-state index contributed by atoms with van der Waals surface area (Å²) in [7, 11) is 1.66. The van der Waals surface area contributed by atoms with Crippen molar-refractivity contribution >= 4 is 27.6 Å². The number of methoxy groups -OCH3 is 1. The van der Waals surface area contributed by atoms with Gasteiger partial charge in [-0.25, -0.2) is 0 Å². The van der Waals surface area contributed by atoms with Crippen molar-refractivity contribution in [2.45, 2.75) is 25.8 Å². The number of hydrogen-bond acceptors (Lipinski definition) is 3. The molecule has 0 saturated carbocycles. The molecule has 2 atom stereocenters. The molecular formula is C24H23NO3. The Morgan fingerprint density at radius 1 is 0.929 bits per heavy atom. The van der Waals surface area contributed by atoms with Gasteiger partial charge < -0.3 is 14.5 Å². The highest BCUT2D eigenvalue weighted by molar-refractivity contribution is 5.88. The highest BCUT2D eigenvalue weighted by Gasteiger charge is 2.20. The molecule has 0 spiro atoms. The first-order chi connectivity index (χ1) is 13.5. The van der Waals surface area contributed by atoms with Crippen molar-refractivity contribution in [2.24, 2.45) is 0 Å². The number of furan rings is 1. The number of carbonyl (C=O) groups excluding carboxylic acids is 1. The van der Waals surface area contributed by atoms with Crippen molar-refractivity contribution in [1.29, 1.82) is 0 Å². The van der Waals surface area contributed by atoms with Crippen LogP contribution in [0.15, 0.2) is 71.1 Å². The topological polar surface area (TPSA) is 51.5 Å². The van der Waals surface area contributed by atoms with Gasteiger partial charge >= 0.3 is 0 Å². The maximum Gasteiger partial charge on any atom is 0.227 e. The van der Waals surface area contributed by atoms with E-state index < -0.39 is 0 Å². The predicted molar refractivity (Wildman–Crippen MR) is 112 cm³/mol. The van der Waals surface area contributed by atoms with Crippen LogP contribution in [0.2, 0.25) is 0 Å². The second-order valence-electron chi connectivity index (χ2n) is 7.11. The second-order valence-corrected chi connectivity index (χ2v) is 7.11. The van der Waals surface area contributed by atoms with E-state index in [9.17, 15) is 4.79 Å². The Morgan fingerprint density at radius 3 is 2.46 bits per heavy atom. The van der Waals surface area contributed by atoms with Crippen molar-refractivity contribution < 1.29 is 13.9 Å². The van der Waals surface area contributed by atoms with Gasteiger partial charge in [0.15, 0.2) is 0 Å². The molecule has 4 nitrogen and oxygen atoms in total. The number of amides is 1. The Labute approximate surface area is 164 Å². The minimum absolute atomic E-state index is 0.0270. The molecule has 0 bridgehead atoms. The lowest BCUT2D eigenvalue weighted by atomic mass is 9.96. The fraction of sp³-hybridized carbons (Fsp3) is 0.208. The molecule has 1 heterocycles. The van der Waals surface area contributed by atoms with E-state index in [1.807, 2.05) is 74.5 Å². The van der Waals surface area contributed by atoms with Crippen molar-refractivity contribution in [3.8, 4) is 5.75 Å². The number of rotatable bonds is 5. The van der Waals surface area contributed by atoms with Gasteiger partial charge in [0.05, 0.1) is 19.1 Å². The molecule has 1 N–H and O–H groups in total. The smallest absolute Gasteiger partial charge is 0.227 e. The van der Waals surface area contributed by atoms with Crippen LogP contribution in [-0.4, -0.2) is 13.0 Å². The molecule has 0 radical (unpaired) electrons. The number of para-hydroxylation sites is 1. The van der Waals surface area contributed by atoms with Crippen LogP contribution in [0, 0.1) is 0 Å². The third-order valence-electron chi connectivity index (χ3n) is 5.19. The molecule has 28 heavy (non-hydrogen) atoms. The molecule has 4 heteroatoms. The van der Waals surface area contributed by atoms with E-state index in [1.165, 1.54) is 0 Å². The molecular weight excluding hydrogens is 350 g/mol. The third kappa shape index (κ3) is 3.46. The van der Waals surface area contributed by atoms with Gasteiger partial charge in [0, 0.05) is 5.39 Å². The minimum atomic E-state index is -0.265. The first kappa shape index (κ1) is 18.1. The van der Waals surface area contributed by atoms with Crippen LogP contribution >= 0.6 is 0 Å². The zero-order chi connectivity index (χ0) is 19.7. The van der Waals surface area contributed by atoms with Crippen molar-refractivity contribution in [1.82, 2.24) is 5.32 Å². The highest BCUT2D eigenvalue weighted by atomic mass is 16.5. The first-order valence-electron chi connectivity index (χ1n) is 9.41. The van der Waals surface area contributed by atoms with Crippen molar-refractivity contribution in [2.75, 3.05) is 7.11 Å². The lowest BCUT2D eigenvalue weighted by molar-refractivity contribution is -0.123. The maximum atomic E-state index is 12.8. The van der Waals surface area contributed by atoms with E-state index in [4.69, 9.17) is 9.15 Å². The average Bonchev–Trinajstić information content (AvgIpc) is 3.16. The monoisotopic (exact) mass is 373 g/mol. The van der Waals surface area contributed by atoms with Crippen LogP contribution in [-0.2, 0) is 4.79 Å². The second kappa shape index (κ2) is 7.39. The van der Waals surface area contributed by atoms with Gasteiger partial charge in [-0.05, 0) is 54.4 Å². The zero-order valence-corrected chi connectivity index (χ0v) is 16.2. The molecule has 0 unspecified atom stereocenters. The summed E-state index contributed by atoms with van der Waals surface area (Å²) in [4.78, 5) is 12.8. The number of hydrogen-bond donors (Lipinski definition) is 1. The Hall–Kier alpha value is -3.27. The molecule has 142 valence electrons. The van der Waals surface area contributed by atoms with Crippen LogP contribution in [0.4, 0.5) is 0 Å². The normalized spacial score (nSPS) is 13.4. The number of benzene rings is 3. The SMILES string of the molecule is COc1ccc2cc([C@H](C)C(=O)N[C@H](C)c3cc4ccccc4o3)ccc2c1. The van der Waals surface area contributed by atoms with E-state index in [2.05, 4.69) is 11.4 Å². The van der Waals surface area contributed by atoms with Gasteiger partial charge in [0.1, 0.15) is 17.1 Å². The molecule has 1 aromatic heterocycles. The van der Waals surface area contributed by atoms with Gasteiger partial charge in [-0.3, -0.25) is 4.79 Å². The van der Waals surface area contributed by atoms with Crippen LogP contribution in [0.1, 0.15) is 37.1 Å². The predicted octanol–water partition coefficient (Wildman–Crippen LogP) is 5.58. The molecule has 3 aromatic carbocycles. The summed E-state index contributed by atoms with van der Waals surface area (Å²) in [5.74, 6) is 1.29. The standard InChI is InChI=1S/C24H23NO3/c1-15(17-8-9-19-13-21(27-3)11-10-18(19)12-17)24(26)25-16(2)23-14-20-6-4-5-7-22(20)28-23/h4-16H,1-3H3,(H,25,26)/t15-,16+/m0/s1. The summed E-state index contributed by atoms with van der Waals surface area (Å²) in [5, 5.41) is 6.28. The Morgan fingerprint density at radius 2 is 1.68 bits per heavy atom. The van der Waals surface area contributed by atoms with Gasteiger partial charge in [-0.15, -0.1) is 0 Å². The lowest BCUT2D eigenvalue weighted by Crippen LogP contribution is -2.30.